The van der Waals surface area contributed by atoms with Crippen molar-refractivity contribution in [2.45, 2.75) is 26.3 Å². The van der Waals surface area contributed by atoms with Crippen LogP contribution in [0.5, 0.6) is 0 Å². The summed E-state index contributed by atoms with van der Waals surface area (Å²) >= 11 is 11.2. The zero-order valence-electron chi connectivity index (χ0n) is 11.0. The number of carbonyl (C=O) groups is 2. The fraction of sp³-hybridized carbons (Fsp3) is 0.818. The first-order chi connectivity index (χ1) is 9.02. The highest BCUT2D eigenvalue weighted by Crippen LogP contribution is 2.23. The monoisotopic (exact) mass is 312 g/mol. The Hall–Kier alpha value is -0.560. The van der Waals surface area contributed by atoms with Gasteiger partial charge in [0.05, 0.1) is 13.2 Å². The minimum atomic E-state index is -0.650. The largest absolute Gasteiger partial charge is 0.352 e. The lowest BCUT2D eigenvalue weighted by Gasteiger charge is -2.26. The summed E-state index contributed by atoms with van der Waals surface area (Å²) in [5.74, 6) is 0.209. The van der Waals surface area contributed by atoms with Gasteiger partial charge in [-0.1, -0.05) is 0 Å². The maximum Gasteiger partial charge on any atom is 0.223 e. The molecule has 2 atom stereocenters. The Morgan fingerprint density at radius 2 is 1.37 bits per heavy atom. The maximum absolute atomic E-state index is 11.6. The molecule has 0 aromatic carbocycles. The van der Waals surface area contributed by atoms with Crippen LogP contribution in [-0.2, 0) is 19.1 Å². The van der Waals surface area contributed by atoms with Crippen molar-refractivity contribution in [3.05, 3.63) is 0 Å². The molecule has 1 rings (SSSR count). The van der Waals surface area contributed by atoms with Crippen molar-refractivity contribution in [3.63, 3.8) is 0 Å². The first kappa shape index (κ1) is 16.5. The lowest BCUT2D eigenvalue weighted by Crippen LogP contribution is -2.44. The maximum atomic E-state index is 11.6. The summed E-state index contributed by atoms with van der Waals surface area (Å²) in [6.07, 6.45) is -1.30. The van der Waals surface area contributed by atoms with Gasteiger partial charge < -0.3 is 9.47 Å². The van der Waals surface area contributed by atoms with E-state index in [4.69, 9.17) is 32.7 Å². The molecule has 0 aromatic rings. The lowest BCUT2D eigenvalue weighted by molar-refractivity contribution is -0.159. The molecule has 0 aromatic heterocycles. The topological polar surface area (TPSA) is 59.1 Å². The van der Waals surface area contributed by atoms with Gasteiger partial charge in [-0.15, -0.1) is 23.2 Å². The average Bonchev–Trinajstić information content (AvgIpc) is 2.72. The first-order valence-corrected chi connectivity index (χ1v) is 6.99. The van der Waals surface area contributed by atoms with E-state index in [2.05, 4.69) is 0 Å². The Morgan fingerprint density at radius 3 is 1.63 bits per heavy atom. The van der Waals surface area contributed by atoms with E-state index in [0.717, 1.165) is 0 Å². The van der Waals surface area contributed by atoms with E-state index in [1.807, 2.05) is 0 Å². The molecule has 0 aliphatic carbocycles. The van der Waals surface area contributed by atoms with Crippen LogP contribution in [0.3, 0.4) is 0 Å². The van der Waals surface area contributed by atoms with Crippen molar-refractivity contribution in [1.82, 2.24) is 9.80 Å². The van der Waals surface area contributed by atoms with Crippen molar-refractivity contribution in [1.29, 1.82) is 0 Å². The highest BCUT2D eigenvalue weighted by molar-refractivity contribution is 6.18. The third-order valence-corrected chi connectivity index (χ3v) is 3.01. The molecule has 0 saturated carbocycles. The summed E-state index contributed by atoms with van der Waals surface area (Å²) in [6.45, 7) is 3.51. The van der Waals surface area contributed by atoms with E-state index in [-0.39, 0.29) is 31.7 Å². The van der Waals surface area contributed by atoms with Gasteiger partial charge in [-0.25, -0.2) is 0 Å². The smallest absolute Gasteiger partial charge is 0.223 e. The van der Waals surface area contributed by atoms with Gasteiger partial charge in [-0.05, 0) is 0 Å². The Balaban J connectivity index is 2.86. The van der Waals surface area contributed by atoms with Crippen molar-refractivity contribution in [2.75, 3.05) is 31.6 Å². The summed E-state index contributed by atoms with van der Waals surface area (Å²) < 4.78 is 11.1. The Kier molecular flexibility index (Phi) is 6.85. The van der Waals surface area contributed by atoms with Crippen LogP contribution in [0.1, 0.15) is 13.8 Å². The molecule has 8 heteroatoms. The van der Waals surface area contributed by atoms with E-state index < -0.39 is 12.5 Å². The number of carbonyl (C=O) groups excluding carboxylic acids is 2. The molecule has 1 aliphatic heterocycles. The van der Waals surface area contributed by atoms with Crippen LogP contribution in [0.15, 0.2) is 0 Å². The zero-order valence-corrected chi connectivity index (χ0v) is 12.5. The van der Waals surface area contributed by atoms with E-state index in [9.17, 15) is 9.59 Å². The standard InChI is InChI=1S/C11H18Cl2N2O4/c1-8(16)14-7-15(9(2)17)11(19-6-4-13)10(14)18-5-3-12/h10-11H,3-7H2,1-2H3. The quantitative estimate of drug-likeness (QED) is 0.681. The summed E-state index contributed by atoms with van der Waals surface area (Å²) in [5, 5.41) is 0. The summed E-state index contributed by atoms with van der Waals surface area (Å²) in [5.41, 5.74) is 0. The number of hydrogen-bond acceptors (Lipinski definition) is 4. The minimum Gasteiger partial charge on any atom is -0.352 e. The van der Waals surface area contributed by atoms with Gasteiger partial charge in [-0.2, -0.15) is 0 Å². The molecule has 19 heavy (non-hydrogen) atoms. The number of rotatable bonds is 6. The first-order valence-electron chi connectivity index (χ1n) is 5.92. The SMILES string of the molecule is CC(=O)N1CN(C(C)=O)C(OCCCl)C1OCCCl. The van der Waals surface area contributed by atoms with Crippen molar-refractivity contribution in [2.24, 2.45) is 0 Å². The van der Waals surface area contributed by atoms with Gasteiger partial charge in [0.2, 0.25) is 11.8 Å². The highest BCUT2D eigenvalue weighted by Gasteiger charge is 2.44. The summed E-state index contributed by atoms with van der Waals surface area (Å²) in [6, 6.07) is 0. The number of ether oxygens (including phenoxy) is 2. The fourth-order valence-corrected chi connectivity index (χ4v) is 2.04. The Bertz CT molecular complexity index is 300. The van der Waals surface area contributed by atoms with Crippen LogP contribution in [0.4, 0.5) is 0 Å². The van der Waals surface area contributed by atoms with E-state index in [1.165, 1.54) is 23.6 Å². The molecule has 1 aliphatic rings. The normalized spacial score (nSPS) is 22.9. The molecule has 0 spiro atoms. The molecule has 2 amide bonds. The van der Waals surface area contributed by atoms with Crippen LogP contribution in [-0.4, -0.2) is 65.7 Å². The van der Waals surface area contributed by atoms with Crippen LogP contribution in [0, 0.1) is 0 Å². The number of nitrogens with zero attached hydrogens (tertiary/aromatic N) is 2. The van der Waals surface area contributed by atoms with E-state index >= 15 is 0 Å². The van der Waals surface area contributed by atoms with Crippen LogP contribution >= 0.6 is 23.2 Å². The number of alkyl halides is 2. The molecule has 1 fully saturated rings. The summed E-state index contributed by atoms with van der Waals surface area (Å²) in [7, 11) is 0. The van der Waals surface area contributed by atoms with Crippen LogP contribution in [0.25, 0.3) is 0 Å². The number of hydrogen-bond donors (Lipinski definition) is 0. The van der Waals surface area contributed by atoms with Crippen LogP contribution in [0.2, 0.25) is 0 Å². The highest BCUT2D eigenvalue weighted by atomic mass is 35.5. The molecule has 1 saturated heterocycles. The predicted molar refractivity (Wildman–Crippen MR) is 70.8 cm³/mol. The second-order valence-electron chi connectivity index (χ2n) is 4.02. The molecule has 2 unspecified atom stereocenters. The summed E-state index contributed by atoms with van der Waals surface area (Å²) in [4.78, 5) is 26.1. The molecular weight excluding hydrogens is 295 g/mol. The van der Waals surface area contributed by atoms with Crippen molar-refractivity contribution >= 4 is 35.0 Å². The second-order valence-corrected chi connectivity index (χ2v) is 4.78. The van der Waals surface area contributed by atoms with Gasteiger partial charge in [-0.3, -0.25) is 19.4 Å². The number of halogens is 2. The van der Waals surface area contributed by atoms with Crippen LogP contribution < -0.4 is 0 Å². The Labute approximate surface area is 122 Å². The van der Waals surface area contributed by atoms with Gasteiger partial charge in [0.1, 0.15) is 6.67 Å². The lowest BCUT2D eigenvalue weighted by atomic mass is 10.4. The van der Waals surface area contributed by atoms with Gasteiger partial charge >= 0.3 is 0 Å². The zero-order chi connectivity index (χ0) is 14.4. The van der Waals surface area contributed by atoms with Crippen molar-refractivity contribution < 1.29 is 19.1 Å². The van der Waals surface area contributed by atoms with E-state index in [0.29, 0.717) is 11.8 Å². The molecule has 0 radical (unpaired) electrons. The third-order valence-electron chi connectivity index (χ3n) is 2.70. The van der Waals surface area contributed by atoms with Gasteiger partial charge in [0.15, 0.2) is 12.5 Å². The van der Waals surface area contributed by atoms with E-state index in [1.54, 1.807) is 0 Å². The number of amides is 2. The predicted octanol–water partition coefficient (Wildman–Crippen LogP) is 0.818. The molecular formula is C11H18Cl2N2O4. The van der Waals surface area contributed by atoms with Gasteiger partial charge in [0.25, 0.3) is 0 Å². The Morgan fingerprint density at radius 1 is 1.00 bits per heavy atom. The molecule has 6 nitrogen and oxygen atoms in total. The third kappa shape index (κ3) is 4.21. The second kappa shape index (κ2) is 7.89. The molecule has 0 bridgehead atoms. The molecule has 110 valence electrons. The average molecular weight is 313 g/mol. The fourth-order valence-electron chi connectivity index (χ4n) is 1.87. The molecule has 1 heterocycles. The van der Waals surface area contributed by atoms with Gasteiger partial charge in [0, 0.05) is 25.6 Å². The molecule has 0 N–H and O–H groups in total. The van der Waals surface area contributed by atoms with Crippen molar-refractivity contribution in [3.8, 4) is 0 Å². The minimum absolute atomic E-state index is 0.143.